The molecule has 0 aliphatic rings. The zero-order valence-corrected chi connectivity index (χ0v) is 21.0. The molecule has 0 saturated carbocycles. The van der Waals surface area contributed by atoms with E-state index in [1.54, 1.807) is 0 Å². The SMILES string of the molecule is Cc1cc2c(Br)cccc2[cH-]1.[Zr+4].[c-]1ccccc1.[c-]1ccccc1.[c-]1ccccc1. The van der Waals surface area contributed by atoms with Crippen molar-refractivity contribution in [3.8, 4) is 0 Å². The van der Waals surface area contributed by atoms with Gasteiger partial charge in [0.05, 0.1) is 0 Å². The molecule has 5 rings (SSSR count). The van der Waals surface area contributed by atoms with Crippen LogP contribution in [0.3, 0.4) is 0 Å². The van der Waals surface area contributed by atoms with Crippen molar-refractivity contribution in [3.05, 3.63) is 150 Å². The van der Waals surface area contributed by atoms with E-state index in [0.717, 1.165) is 0 Å². The predicted octanol–water partition coefficient (Wildman–Crippen LogP) is 8.09. The van der Waals surface area contributed by atoms with Gasteiger partial charge in [-0.3, -0.25) is 0 Å². The maximum Gasteiger partial charge on any atom is 4.00 e. The standard InChI is InChI=1S/C10H8Br.3C6H5.Zr/c1-7-5-8-3-2-4-10(11)9(8)6-7;3*1-2-4-6-5-3-1;/h2-6H,1H3;3*1-5H;/q4*-1;+4. The second-order valence-corrected chi connectivity index (χ2v) is 6.86. The Morgan fingerprint density at radius 2 is 1.07 bits per heavy atom. The monoisotopic (exact) mass is 528 g/mol. The zero-order valence-electron chi connectivity index (χ0n) is 16.9. The summed E-state index contributed by atoms with van der Waals surface area (Å²) in [6.45, 7) is 2.12. The largest absolute Gasteiger partial charge is 4.00 e. The second-order valence-electron chi connectivity index (χ2n) is 6.01. The topological polar surface area (TPSA) is 0 Å². The Morgan fingerprint density at radius 1 is 0.633 bits per heavy atom. The van der Waals surface area contributed by atoms with E-state index >= 15 is 0 Å². The quantitative estimate of drug-likeness (QED) is 0.178. The Hall–Kier alpha value is -2.15. The Labute approximate surface area is 208 Å². The van der Waals surface area contributed by atoms with E-state index in [1.807, 2.05) is 91.0 Å². The molecule has 0 aliphatic heterocycles. The van der Waals surface area contributed by atoms with E-state index < -0.39 is 0 Å². The first-order chi connectivity index (χ1) is 14.3. The van der Waals surface area contributed by atoms with Crippen molar-refractivity contribution in [2.45, 2.75) is 6.92 Å². The zero-order chi connectivity index (χ0) is 20.6. The first-order valence-corrected chi connectivity index (χ1v) is 10.1. The minimum atomic E-state index is 0. The summed E-state index contributed by atoms with van der Waals surface area (Å²) in [5.74, 6) is 0. The fourth-order valence-corrected chi connectivity index (χ4v) is 2.87. The fraction of sp³-hybridized carbons (Fsp3) is 0.0357. The third-order valence-corrected chi connectivity index (χ3v) is 4.35. The summed E-state index contributed by atoms with van der Waals surface area (Å²) in [6, 6.07) is 48.2. The van der Waals surface area contributed by atoms with Gasteiger partial charge in [-0.2, -0.15) is 115 Å². The van der Waals surface area contributed by atoms with E-state index in [4.69, 9.17) is 0 Å². The molecule has 0 amide bonds. The molecule has 0 fully saturated rings. The molecule has 0 N–H and O–H groups in total. The maximum atomic E-state index is 3.51. The molecule has 0 aromatic heterocycles. The van der Waals surface area contributed by atoms with Gasteiger partial charge in [0.1, 0.15) is 0 Å². The molecule has 0 nitrogen and oxygen atoms in total. The van der Waals surface area contributed by atoms with Crippen LogP contribution >= 0.6 is 15.9 Å². The van der Waals surface area contributed by atoms with Gasteiger partial charge < -0.3 is 0 Å². The van der Waals surface area contributed by atoms with Crippen molar-refractivity contribution >= 4 is 26.7 Å². The van der Waals surface area contributed by atoms with Crippen LogP contribution in [0.4, 0.5) is 0 Å². The molecule has 0 aliphatic carbocycles. The van der Waals surface area contributed by atoms with E-state index in [0.29, 0.717) is 0 Å². The number of benzene rings is 4. The van der Waals surface area contributed by atoms with Crippen LogP contribution in [0.25, 0.3) is 10.8 Å². The second kappa shape index (κ2) is 16.6. The molecule has 0 bridgehead atoms. The van der Waals surface area contributed by atoms with Gasteiger partial charge in [0.25, 0.3) is 0 Å². The minimum absolute atomic E-state index is 0. The average molecular weight is 531 g/mol. The summed E-state index contributed by atoms with van der Waals surface area (Å²) in [7, 11) is 0. The molecular formula is C28H23BrZr. The summed E-state index contributed by atoms with van der Waals surface area (Å²) >= 11 is 3.51. The molecular weight excluding hydrogens is 507 g/mol. The van der Waals surface area contributed by atoms with Crippen LogP contribution in [0.5, 0.6) is 0 Å². The van der Waals surface area contributed by atoms with Crippen molar-refractivity contribution in [2.75, 3.05) is 0 Å². The Kier molecular flexibility index (Phi) is 14.4. The number of fused-ring (bicyclic) bond motifs is 1. The van der Waals surface area contributed by atoms with Crippen LogP contribution in [0.15, 0.2) is 126 Å². The fourth-order valence-electron chi connectivity index (χ4n) is 2.37. The maximum absolute atomic E-state index is 3.51. The molecule has 0 saturated heterocycles. The van der Waals surface area contributed by atoms with Gasteiger partial charge in [0, 0.05) is 0 Å². The molecule has 0 radical (unpaired) electrons. The van der Waals surface area contributed by atoms with Crippen molar-refractivity contribution in [3.63, 3.8) is 0 Å². The van der Waals surface area contributed by atoms with E-state index in [9.17, 15) is 0 Å². The third-order valence-electron chi connectivity index (χ3n) is 3.66. The van der Waals surface area contributed by atoms with Gasteiger partial charge in [0.15, 0.2) is 0 Å². The molecule has 30 heavy (non-hydrogen) atoms. The van der Waals surface area contributed by atoms with Crippen LogP contribution in [0, 0.1) is 25.1 Å². The van der Waals surface area contributed by atoms with Gasteiger partial charge in [-0.05, 0) is 4.47 Å². The van der Waals surface area contributed by atoms with Gasteiger partial charge in [-0.25, -0.2) is 0 Å². The number of rotatable bonds is 0. The van der Waals surface area contributed by atoms with E-state index in [1.165, 1.54) is 20.8 Å². The molecule has 2 heteroatoms. The Morgan fingerprint density at radius 3 is 1.37 bits per heavy atom. The summed E-state index contributed by atoms with van der Waals surface area (Å²) in [6.07, 6.45) is 0. The first-order valence-electron chi connectivity index (χ1n) is 9.32. The minimum Gasteiger partial charge on any atom is -0.184 e. The summed E-state index contributed by atoms with van der Waals surface area (Å²) in [5, 5.41) is 2.63. The molecule has 0 spiro atoms. The van der Waals surface area contributed by atoms with Crippen molar-refractivity contribution < 1.29 is 26.2 Å². The van der Waals surface area contributed by atoms with Gasteiger partial charge >= 0.3 is 26.2 Å². The Bertz CT molecular complexity index is 855. The van der Waals surface area contributed by atoms with E-state index in [-0.39, 0.29) is 26.2 Å². The van der Waals surface area contributed by atoms with Crippen molar-refractivity contribution in [2.24, 2.45) is 0 Å². The smallest absolute Gasteiger partial charge is 0.184 e. The van der Waals surface area contributed by atoms with Crippen molar-refractivity contribution in [1.82, 2.24) is 0 Å². The average Bonchev–Trinajstić information content (AvgIpc) is 3.20. The molecule has 0 heterocycles. The molecule has 146 valence electrons. The van der Waals surface area contributed by atoms with Crippen LogP contribution in [0.2, 0.25) is 0 Å². The van der Waals surface area contributed by atoms with Crippen LogP contribution in [-0.4, -0.2) is 0 Å². The number of hydrogen-bond acceptors (Lipinski definition) is 0. The van der Waals surface area contributed by atoms with E-state index in [2.05, 4.69) is 71.4 Å². The number of aryl methyl sites for hydroxylation is 1. The summed E-state index contributed by atoms with van der Waals surface area (Å²) in [5.41, 5.74) is 1.33. The predicted molar refractivity (Wildman–Crippen MR) is 128 cm³/mol. The van der Waals surface area contributed by atoms with Crippen LogP contribution < -0.4 is 0 Å². The Balaban J connectivity index is 0.000000207. The van der Waals surface area contributed by atoms with Gasteiger partial charge in [0.2, 0.25) is 0 Å². The van der Waals surface area contributed by atoms with Crippen LogP contribution in [0.1, 0.15) is 5.56 Å². The molecule has 5 aromatic rings. The summed E-state index contributed by atoms with van der Waals surface area (Å²) < 4.78 is 1.18. The number of halogens is 1. The molecule has 0 atom stereocenters. The van der Waals surface area contributed by atoms with Gasteiger partial charge in [-0.15, -0.1) is 34.5 Å². The normalized spacial score (nSPS) is 8.73. The summed E-state index contributed by atoms with van der Waals surface area (Å²) in [4.78, 5) is 0. The molecule has 5 aromatic carbocycles. The third kappa shape index (κ3) is 11.1. The van der Waals surface area contributed by atoms with Gasteiger partial charge in [-0.1, -0.05) is 28.9 Å². The van der Waals surface area contributed by atoms with Crippen molar-refractivity contribution in [1.29, 1.82) is 0 Å². The van der Waals surface area contributed by atoms with Crippen LogP contribution in [-0.2, 0) is 26.2 Å². The molecule has 0 unspecified atom stereocenters. The first kappa shape index (κ1) is 25.9. The number of hydrogen-bond donors (Lipinski definition) is 0.